The first-order chi connectivity index (χ1) is 15.7. The van der Waals surface area contributed by atoms with Crippen molar-refractivity contribution in [2.24, 2.45) is 5.92 Å². The third-order valence-electron chi connectivity index (χ3n) is 6.65. The summed E-state index contributed by atoms with van der Waals surface area (Å²) < 4.78 is 12.6. The maximum Gasteiger partial charge on any atom is 0.226 e. The highest BCUT2D eigenvalue weighted by Gasteiger charge is 2.36. The fourth-order valence-corrected chi connectivity index (χ4v) is 4.92. The molecule has 0 unspecified atom stereocenters. The van der Waals surface area contributed by atoms with E-state index in [1.165, 1.54) is 0 Å². The van der Waals surface area contributed by atoms with Crippen LogP contribution < -0.4 is 14.4 Å². The minimum Gasteiger partial charge on any atom is -0.497 e. The van der Waals surface area contributed by atoms with Crippen molar-refractivity contribution in [3.05, 3.63) is 42.2 Å². The van der Waals surface area contributed by atoms with E-state index in [1.807, 2.05) is 30.3 Å². The third-order valence-corrected chi connectivity index (χ3v) is 6.65. The van der Waals surface area contributed by atoms with E-state index in [4.69, 9.17) is 9.47 Å². The lowest BCUT2D eigenvalue weighted by molar-refractivity contribution is -0.137. The molecule has 9 nitrogen and oxygen atoms in total. The number of ether oxygens (including phenoxy) is 2. The molecule has 1 atom stereocenters. The zero-order chi connectivity index (χ0) is 22.1. The molecule has 1 aromatic carbocycles. The van der Waals surface area contributed by atoms with Crippen LogP contribution in [0.4, 0.5) is 5.82 Å². The van der Waals surface area contributed by atoms with Gasteiger partial charge in [0.1, 0.15) is 23.6 Å². The van der Waals surface area contributed by atoms with E-state index in [9.17, 15) is 4.79 Å². The summed E-state index contributed by atoms with van der Waals surface area (Å²) in [5.41, 5.74) is 1.79. The van der Waals surface area contributed by atoms with Crippen molar-refractivity contribution in [2.75, 3.05) is 38.8 Å². The van der Waals surface area contributed by atoms with Gasteiger partial charge in [-0.1, -0.05) is 0 Å². The van der Waals surface area contributed by atoms with Gasteiger partial charge in [-0.25, -0.2) is 0 Å². The summed E-state index contributed by atoms with van der Waals surface area (Å²) in [7, 11) is 3.31. The lowest BCUT2D eigenvalue weighted by Gasteiger charge is -2.35. The van der Waals surface area contributed by atoms with Crippen LogP contribution in [0, 0.1) is 5.92 Å². The van der Waals surface area contributed by atoms with Gasteiger partial charge in [-0.15, -0.1) is 15.3 Å². The minimum atomic E-state index is 0.0368. The molecule has 9 heteroatoms. The summed E-state index contributed by atoms with van der Waals surface area (Å²) in [6.45, 7) is 2.41. The Morgan fingerprint density at radius 1 is 1.03 bits per heavy atom. The molecule has 32 heavy (non-hydrogen) atoms. The summed E-state index contributed by atoms with van der Waals surface area (Å²) in [6.07, 6.45) is 5.22. The number of anilines is 1. The van der Waals surface area contributed by atoms with Crippen LogP contribution in [0.15, 0.2) is 36.7 Å². The molecule has 2 aromatic heterocycles. The lowest BCUT2D eigenvalue weighted by Crippen LogP contribution is -2.42. The van der Waals surface area contributed by atoms with Gasteiger partial charge in [0.15, 0.2) is 5.65 Å². The average Bonchev–Trinajstić information content (AvgIpc) is 3.52. The Kier molecular flexibility index (Phi) is 5.55. The lowest BCUT2D eigenvalue weighted by atomic mass is 9.94. The largest absolute Gasteiger partial charge is 0.497 e. The zero-order valence-electron chi connectivity index (χ0n) is 18.5. The second-order valence-corrected chi connectivity index (χ2v) is 8.38. The van der Waals surface area contributed by atoms with Crippen LogP contribution in [0.1, 0.15) is 37.3 Å². The number of rotatable bonds is 5. The van der Waals surface area contributed by atoms with Crippen LogP contribution in [0.2, 0.25) is 0 Å². The summed E-state index contributed by atoms with van der Waals surface area (Å²) in [6, 6.07) is 9.82. The second kappa shape index (κ2) is 8.64. The smallest absolute Gasteiger partial charge is 0.226 e. The normalized spacial score (nSPS) is 19.5. The van der Waals surface area contributed by atoms with Gasteiger partial charge in [0, 0.05) is 37.2 Å². The van der Waals surface area contributed by atoms with Gasteiger partial charge in [-0.2, -0.15) is 4.52 Å². The number of fused-ring (bicyclic) bond motifs is 1. The predicted octanol–water partition coefficient (Wildman–Crippen LogP) is 2.72. The molecule has 0 bridgehead atoms. The Labute approximate surface area is 186 Å². The number of likely N-dealkylation sites (tertiary alicyclic amines) is 1. The number of aromatic nitrogens is 4. The first-order valence-electron chi connectivity index (χ1n) is 11.1. The number of carbonyl (C=O) groups excluding carboxylic acids is 1. The first kappa shape index (κ1) is 20.5. The van der Waals surface area contributed by atoms with Crippen LogP contribution in [0.5, 0.6) is 11.5 Å². The number of hydrogen-bond donors (Lipinski definition) is 0. The molecule has 2 aliphatic rings. The highest BCUT2D eigenvalue weighted by Crippen LogP contribution is 2.40. The van der Waals surface area contributed by atoms with Crippen molar-refractivity contribution in [1.82, 2.24) is 24.7 Å². The molecule has 5 rings (SSSR count). The van der Waals surface area contributed by atoms with E-state index in [2.05, 4.69) is 25.1 Å². The van der Waals surface area contributed by atoms with Gasteiger partial charge in [0.05, 0.1) is 20.3 Å². The van der Waals surface area contributed by atoms with Crippen LogP contribution in [0.3, 0.4) is 0 Å². The number of carbonyl (C=O) groups is 1. The van der Waals surface area contributed by atoms with E-state index in [0.29, 0.717) is 0 Å². The summed E-state index contributed by atoms with van der Waals surface area (Å²) in [5.74, 6) is 2.72. The molecule has 0 spiro atoms. The van der Waals surface area contributed by atoms with Crippen molar-refractivity contribution >= 4 is 17.4 Å². The first-order valence-corrected chi connectivity index (χ1v) is 11.1. The minimum absolute atomic E-state index is 0.0368. The number of benzene rings is 1. The molecular formula is C23H28N6O3. The van der Waals surface area contributed by atoms with Gasteiger partial charge in [-0.05, 0) is 49.9 Å². The Morgan fingerprint density at radius 3 is 2.66 bits per heavy atom. The molecule has 168 valence electrons. The Balaban J connectivity index is 1.27. The molecule has 0 saturated carbocycles. The van der Waals surface area contributed by atoms with E-state index < -0.39 is 0 Å². The highest BCUT2D eigenvalue weighted by molar-refractivity contribution is 5.80. The number of hydrogen-bond acceptors (Lipinski definition) is 7. The number of nitrogens with zero attached hydrogens (tertiary/aromatic N) is 6. The Hall–Kier alpha value is -3.36. The van der Waals surface area contributed by atoms with Gasteiger partial charge < -0.3 is 19.3 Å². The topological polar surface area (TPSA) is 85.1 Å². The van der Waals surface area contributed by atoms with Crippen molar-refractivity contribution in [3.63, 3.8) is 0 Å². The zero-order valence-corrected chi connectivity index (χ0v) is 18.5. The van der Waals surface area contributed by atoms with Crippen molar-refractivity contribution in [3.8, 4) is 11.5 Å². The van der Waals surface area contributed by atoms with E-state index in [-0.39, 0.29) is 17.9 Å². The standard InChI is InChI=1S/C23H28N6O3/c1-31-17-5-6-18(20(14-17)32-2)19-4-3-11-28(19)23(30)16-9-12-27(13-10-16)22-8-7-21-25-24-15-29(21)26-22/h5-8,14-16,19H,3-4,9-13H2,1-2H3/t19-/m1/s1. The van der Waals surface area contributed by atoms with Crippen molar-refractivity contribution < 1.29 is 14.3 Å². The number of piperidine rings is 1. The molecule has 0 N–H and O–H groups in total. The fourth-order valence-electron chi connectivity index (χ4n) is 4.92. The van der Waals surface area contributed by atoms with E-state index in [0.717, 1.165) is 73.8 Å². The third kappa shape index (κ3) is 3.72. The number of methoxy groups -OCH3 is 2. The Bertz CT molecular complexity index is 1110. The molecule has 2 fully saturated rings. The van der Waals surface area contributed by atoms with Crippen molar-refractivity contribution in [2.45, 2.75) is 31.7 Å². The van der Waals surface area contributed by atoms with Gasteiger partial charge in [-0.3, -0.25) is 4.79 Å². The summed E-state index contributed by atoms with van der Waals surface area (Å²) >= 11 is 0. The molecule has 1 amide bonds. The van der Waals surface area contributed by atoms with Crippen LogP contribution in [-0.4, -0.2) is 64.5 Å². The Morgan fingerprint density at radius 2 is 1.88 bits per heavy atom. The predicted molar refractivity (Wildman–Crippen MR) is 119 cm³/mol. The summed E-state index contributed by atoms with van der Waals surface area (Å²) in [4.78, 5) is 17.8. The van der Waals surface area contributed by atoms with E-state index in [1.54, 1.807) is 25.1 Å². The summed E-state index contributed by atoms with van der Waals surface area (Å²) in [5, 5.41) is 12.5. The average molecular weight is 437 g/mol. The second-order valence-electron chi connectivity index (χ2n) is 8.38. The van der Waals surface area contributed by atoms with Gasteiger partial charge in [0.2, 0.25) is 5.91 Å². The molecule has 2 saturated heterocycles. The maximum atomic E-state index is 13.5. The molecule has 3 aromatic rings. The molecule has 2 aliphatic heterocycles. The SMILES string of the molecule is COc1ccc([C@H]2CCCN2C(=O)C2CCN(c3ccc4nncn4n3)CC2)c(OC)c1. The fraction of sp³-hybridized carbons (Fsp3) is 0.478. The molecule has 4 heterocycles. The number of amides is 1. The van der Waals surface area contributed by atoms with Crippen LogP contribution >= 0.6 is 0 Å². The van der Waals surface area contributed by atoms with Gasteiger partial charge in [0.25, 0.3) is 0 Å². The van der Waals surface area contributed by atoms with E-state index >= 15 is 0 Å². The molecule has 0 aliphatic carbocycles. The quantitative estimate of drug-likeness (QED) is 0.608. The molecule has 0 radical (unpaired) electrons. The monoisotopic (exact) mass is 436 g/mol. The van der Waals surface area contributed by atoms with Crippen molar-refractivity contribution in [1.29, 1.82) is 0 Å². The molecular weight excluding hydrogens is 408 g/mol. The van der Waals surface area contributed by atoms with Crippen LogP contribution in [-0.2, 0) is 4.79 Å². The van der Waals surface area contributed by atoms with Gasteiger partial charge >= 0.3 is 0 Å². The maximum absolute atomic E-state index is 13.5. The van der Waals surface area contributed by atoms with Crippen LogP contribution in [0.25, 0.3) is 5.65 Å². The highest BCUT2D eigenvalue weighted by atomic mass is 16.5.